The van der Waals surface area contributed by atoms with Crippen LogP contribution in [0, 0.1) is 0 Å². The number of anilines is 2. The van der Waals surface area contributed by atoms with E-state index in [1.54, 1.807) is 18.2 Å². The maximum Gasteiger partial charge on any atom is 0.244 e. The smallest absolute Gasteiger partial charge is 0.244 e. The third-order valence-corrected chi connectivity index (χ3v) is 4.99. The van der Waals surface area contributed by atoms with Crippen LogP contribution in [0.2, 0.25) is 0 Å². The fourth-order valence-electron chi connectivity index (χ4n) is 3.46. The number of para-hydroxylation sites is 1. The Bertz CT molecular complexity index is 895. The number of carbonyl (C=O) groups excluding carboxylic acids is 2. The fraction of sp³-hybridized carbons (Fsp3) is 0.391. The molecular formula is C23H28N2O4. The van der Waals surface area contributed by atoms with E-state index in [1.165, 1.54) is 11.8 Å². The molecular weight excluding hydrogens is 368 g/mol. The highest BCUT2D eigenvalue weighted by Crippen LogP contribution is 2.36. The standard InChI is InChI=1S/C23H28N2O4/c1-14(2)18-7-6-8-19(15(3)4)23(18)24-22(27)12-25(16(5)26)17-9-10-20-21(11-17)29-13-28-20/h6-11,14-15H,12-13H2,1-5H3,(H,24,27). The van der Waals surface area contributed by atoms with Crippen molar-refractivity contribution in [2.24, 2.45) is 0 Å². The first-order valence-corrected chi connectivity index (χ1v) is 9.88. The molecule has 0 fully saturated rings. The lowest BCUT2D eigenvalue weighted by atomic mass is 9.92. The highest BCUT2D eigenvalue weighted by atomic mass is 16.7. The van der Waals surface area contributed by atoms with Gasteiger partial charge in [-0.1, -0.05) is 45.9 Å². The van der Waals surface area contributed by atoms with E-state index in [-0.39, 0.29) is 37.0 Å². The van der Waals surface area contributed by atoms with E-state index in [1.807, 2.05) is 18.2 Å². The third-order valence-electron chi connectivity index (χ3n) is 4.99. The van der Waals surface area contributed by atoms with Crippen LogP contribution in [0.3, 0.4) is 0 Å². The first kappa shape index (κ1) is 20.7. The van der Waals surface area contributed by atoms with Gasteiger partial charge in [-0.3, -0.25) is 9.59 Å². The minimum absolute atomic E-state index is 0.0844. The molecule has 0 radical (unpaired) electrons. The zero-order chi connectivity index (χ0) is 21.1. The summed E-state index contributed by atoms with van der Waals surface area (Å²) < 4.78 is 10.7. The molecule has 1 aliphatic heterocycles. The van der Waals surface area contributed by atoms with E-state index in [4.69, 9.17) is 9.47 Å². The first-order valence-electron chi connectivity index (χ1n) is 9.88. The predicted octanol–water partition coefficient (Wildman–Crippen LogP) is 4.65. The molecule has 2 aromatic carbocycles. The average Bonchev–Trinajstić information content (AvgIpc) is 3.13. The number of fused-ring (bicyclic) bond motifs is 1. The number of amides is 2. The number of hydrogen-bond acceptors (Lipinski definition) is 4. The van der Waals surface area contributed by atoms with Crippen LogP contribution in [-0.4, -0.2) is 25.2 Å². The molecule has 0 unspecified atom stereocenters. The van der Waals surface area contributed by atoms with Crippen molar-refractivity contribution in [1.82, 2.24) is 0 Å². The monoisotopic (exact) mass is 396 g/mol. The Morgan fingerprint density at radius 2 is 1.62 bits per heavy atom. The Labute approximate surface area is 171 Å². The number of benzene rings is 2. The maximum absolute atomic E-state index is 12.9. The molecule has 0 aromatic heterocycles. The van der Waals surface area contributed by atoms with Gasteiger partial charge in [0.05, 0.1) is 0 Å². The highest BCUT2D eigenvalue weighted by Gasteiger charge is 2.22. The molecule has 6 heteroatoms. The van der Waals surface area contributed by atoms with Crippen molar-refractivity contribution in [3.63, 3.8) is 0 Å². The molecule has 2 amide bonds. The molecule has 1 aliphatic rings. The topological polar surface area (TPSA) is 67.9 Å². The zero-order valence-corrected chi connectivity index (χ0v) is 17.6. The van der Waals surface area contributed by atoms with E-state index in [2.05, 4.69) is 33.0 Å². The summed E-state index contributed by atoms with van der Waals surface area (Å²) in [6.07, 6.45) is 0. The van der Waals surface area contributed by atoms with Gasteiger partial charge in [-0.25, -0.2) is 0 Å². The Hall–Kier alpha value is -3.02. The average molecular weight is 396 g/mol. The highest BCUT2D eigenvalue weighted by molar-refractivity contribution is 6.02. The fourth-order valence-corrected chi connectivity index (χ4v) is 3.46. The Kier molecular flexibility index (Phi) is 6.11. The van der Waals surface area contributed by atoms with Crippen LogP contribution in [0.1, 0.15) is 57.6 Å². The van der Waals surface area contributed by atoms with E-state index < -0.39 is 0 Å². The number of nitrogens with one attached hydrogen (secondary N) is 1. The van der Waals surface area contributed by atoms with Crippen LogP contribution in [0.25, 0.3) is 0 Å². The Morgan fingerprint density at radius 1 is 1.00 bits per heavy atom. The molecule has 0 saturated carbocycles. The molecule has 6 nitrogen and oxygen atoms in total. The normalized spacial score (nSPS) is 12.4. The molecule has 1 N–H and O–H groups in total. The molecule has 0 atom stereocenters. The predicted molar refractivity (Wildman–Crippen MR) is 114 cm³/mol. The van der Waals surface area contributed by atoms with Crippen LogP contribution in [0.4, 0.5) is 11.4 Å². The zero-order valence-electron chi connectivity index (χ0n) is 17.6. The van der Waals surface area contributed by atoms with Gasteiger partial charge < -0.3 is 19.7 Å². The summed E-state index contributed by atoms with van der Waals surface area (Å²) in [5, 5.41) is 3.06. The van der Waals surface area contributed by atoms with E-state index >= 15 is 0 Å². The van der Waals surface area contributed by atoms with Gasteiger partial charge in [0, 0.05) is 24.4 Å². The Morgan fingerprint density at radius 3 is 2.21 bits per heavy atom. The summed E-state index contributed by atoms with van der Waals surface area (Å²) in [5.41, 5.74) is 3.61. The summed E-state index contributed by atoms with van der Waals surface area (Å²) in [4.78, 5) is 26.6. The first-order chi connectivity index (χ1) is 13.8. The van der Waals surface area contributed by atoms with Gasteiger partial charge in [-0.15, -0.1) is 0 Å². The molecule has 0 spiro atoms. The van der Waals surface area contributed by atoms with Crippen molar-refractivity contribution >= 4 is 23.2 Å². The van der Waals surface area contributed by atoms with Crippen molar-refractivity contribution in [1.29, 1.82) is 0 Å². The van der Waals surface area contributed by atoms with Crippen molar-refractivity contribution in [2.75, 3.05) is 23.6 Å². The maximum atomic E-state index is 12.9. The van der Waals surface area contributed by atoms with Crippen molar-refractivity contribution < 1.29 is 19.1 Å². The van der Waals surface area contributed by atoms with Crippen LogP contribution in [-0.2, 0) is 9.59 Å². The SMILES string of the molecule is CC(=O)N(CC(=O)Nc1c(C(C)C)cccc1C(C)C)c1ccc2c(c1)OCO2. The minimum Gasteiger partial charge on any atom is -0.454 e. The van der Waals surface area contributed by atoms with Gasteiger partial charge in [0.15, 0.2) is 11.5 Å². The quantitative estimate of drug-likeness (QED) is 0.771. The van der Waals surface area contributed by atoms with Gasteiger partial charge in [0.2, 0.25) is 18.6 Å². The molecule has 0 bridgehead atoms. The molecule has 154 valence electrons. The largest absolute Gasteiger partial charge is 0.454 e. The van der Waals surface area contributed by atoms with Gasteiger partial charge in [0.1, 0.15) is 6.54 Å². The van der Waals surface area contributed by atoms with Crippen LogP contribution in [0.5, 0.6) is 11.5 Å². The lowest BCUT2D eigenvalue weighted by molar-refractivity contribution is -0.120. The molecule has 0 aliphatic carbocycles. The number of carbonyl (C=O) groups is 2. The van der Waals surface area contributed by atoms with Gasteiger partial charge in [0.25, 0.3) is 0 Å². The number of ether oxygens (including phenoxy) is 2. The third kappa shape index (κ3) is 4.53. The van der Waals surface area contributed by atoms with Crippen molar-refractivity contribution in [2.45, 2.75) is 46.5 Å². The number of hydrogen-bond donors (Lipinski definition) is 1. The summed E-state index contributed by atoms with van der Waals surface area (Å²) in [6, 6.07) is 11.3. The van der Waals surface area contributed by atoms with E-state index in [9.17, 15) is 9.59 Å². The summed E-state index contributed by atoms with van der Waals surface area (Å²) in [6.45, 7) is 9.92. The summed E-state index contributed by atoms with van der Waals surface area (Å²) in [5.74, 6) is 1.27. The lowest BCUT2D eigenvalue weighted by Crippen LogP contribution is -2.37. The van der Waals surface area contributed by atoms with Gasteiger partial charge in [-0.05, 0) is 35.1 Å². The van der Waals surface area contributed by atoms with Crippen LogP contribution in [0.15, 0.2) is 36.4 Å². The number of nitrogens with zero attached hydrogens (tertiary/aromatic N) is 1. The van der Waals surface area contributed by atoms with Crippen LogP contribution < -0.4 is 19.7 Å². The van der Waals surface area contributed by atoms with Gasteiger partial charge in [-0.2, -0.15) is 0 Å². The number of rotatable bonds is 6. The second kappa shape index (κ2) is 8.55. The second-order valence-corrected chi connectivity index (χ2v) is 7.81. The molecule has 29 heavy (non-hydrogen) atoms. The summed E-state index contributed by atoms with van der Waals surface area (Å²) in [7, 11) is 0. The van der Waals surface area contributed by atoms with Crippen molar-refractivity contribution in [3.05, 3.63) is 47.5 Å². The summed E-state index contributed by atoms with van der Waals surface area (Å²) >= 11 is 0. The van der Waals surface area contributed by atoms with Crippen molar-refractivity contribution in [3.8, 4) is 11.5 Å². The van der Waals surface area contributed by atoms with Gasteiger partial charge >= 0.3 is 0 Å². The Balaban J connectivity index is 1.84. The van der Waals surface area contributed by atoms with E-state index in [0.29, 0.717) is 17.2 Å². The lowest BCUT2D eigenvalue weighted by Gasteiger charge is -2.23. The molecule has 2 aromatic rings. The van der Waals surface area contributed by atoms with Crippen LogP contribution >= 0.6 is 0 Å². The molecule has 1 heterocycles. The molecule has 3 rings (SSSR count). The second-order valence-electron chi connectivity index (χ2n) is 7.81. The van der Waals surface area contributed by atoms with E-state index in [0.717, 1.165) is 16.8 Å². The molecule has 0 saturated heterocycles. The minimum atomic E-state index is -0.243.